The summed E-state index contributed by atoms with van der Waals surface area (Å²) in [6, 6.07) is 0. The Labute approximate surface area is 91.0 Å². The van der Waals surface area contributed by atoms with Crippen LogP contribution in [0.5, 0.6) is 0 Å². The average molecular weight is 215 g/mol. The lowest BCUT2D eigenvalue weighted by Crippen LogP contribution is -2.28. The molecule has 4 heteroatoms. The van der Waals surface area contributed by atoms with Crippen molar-refractivity contribution in [2.45, 2.75) is 44.6 Å². The topological polar surface area (TPSA) is 58.6 Å². The molecule has 1 amide bonds. The molecule has 1 heterocycles. The van der Waals surface area contributed by atoms with Crippen molar-refractivity contribution in [3.05, 3.63) is 0 Å². The van der Waals surface area contributed by atoms with Gasteiger partial charge in [0.1, 0.15) is 0 Å². The number of nitrogens with one attached hydrogen (secondary N) is 1. The lowest BCUT2D eigenvalue weighted by atomic mass is 10.2. The van der Waals surface area contributed by atoms with Gasteiger partial charge in [0.15, 0.2) is 0 Å². The van der Waals surface area contributed by atoms with Crippen molar-refractivity contribution in [2.24, 2.45) is 0 Å². The fraction of sp³-hybridized carbons (Fsp3) is 0.909. The number of hydrogen-bond donors (Lipinski definition) is 2. The number of carbonyl (C=O) groups excluding carboxylic acids is 1. The van der Waals surface area contributed by atoms with Gasteiger partial charge < -0.3 is 15.2 Å². The summed E-state index contributed by atoms with van der Waals surface area (Å²) in [6.45, 7) is 1.75. The highest BCUT2D eigenvalue weighted by molar-refractivity contribution is 5.76. The summed E-state index contributed by atoms with van der Waals surface area (Å²) in [5.41, 5.74) is 0. The first kappa shape index (κ1) is 12.5. The molecule has 0 aromatic heterocycles. The maximum atomic E-state index is 11.4. The number of aliphatic hydroxyl groups excluding tert-OH is 1. The summed E-state index contributed by atoms with van der Waals surface area (Å²) in [7, 11) is 0. The minimum absolute atomic E-state index is 0.0888. The maximum absolute atomic E-state index is 11.4. The van der Waals surface area contributed by atoms with Gasteiger partial charge in [0.05, 0.1) is 12.5 Å². The molecule has 0 aromatic carbocycles. The number of carbonyl (C=O) groups is 1. The van der Waals surface area contributed by atoms with E-state index in [4.69, 9.17) is 9.84 Å². The molecule has 0 saturated carbocycles. The third-order valence-corrected chi connectivity index (χ3v) is 2.59. The normalized spacial score (nSPS) is 20.5. The molecular formula is C11H21NO3. The molecule has 1 saturated heterocycles. The van der Waals surface area contributed by atoms with Crippen LogP contribution in [0.4, 0.5) is 0 Å². The number of ether oxygens (including phenoxy) is 1. The Morgan fingerprint density at radius 1 is 1.40 bits per heavy atom. The van der Waals surface area contributed by atoms with Gasteiger partial charge in [-0.15, -0.1) is 0 Å². The summed E-state index contributed by atoms with van der Waals surface area (Å²) in [5, 5.41) is 11.4. The van der Waals surface area contributed by atoms with Crippen molar-refractivity contribution in [1.82, 2.24) is 5.32 Å². The second-order valence-corrected chi connectivity index (χ2v) is 3.97. The summed E-state index contributed by atoms with van der Waals surface area (Å²) >= 11 is 0. The largest absolute Gasteiger partial charge is 0.396 e. The van der Waals surface area contributed by atoms with Gasteiger partial charge in [0.2, 0.25) is 5.91 Å². The quantitative estimate of drug-likeness (QED) is 0.619. The van der Waals surface area contributed by atoms with E-state index in [0.717, 1.165) is 38.7 Å². The van der Waals surface area contributed by atoms with Crippen LogP contribution >= 0.6 is 0 Å². The number of rotatable bonds is 7. The first-order valence-corrected chi connectivity index (χ1v) is 5.82. The zero-order valence-electron chi connectivity index (χ0n) is 9.21. The van der Waals surface area contributed by atoms with Gasteiger partial charge in [-0.1, -0.05) is 0 Å². The van der Waals surface area contributed by atoms with Crippen LogP contribution in [-0.2, 0) is 9.53 Å². The highest BCUT2D eigenvalue weighted by Crippen LogP contribution is 2.14. The van der Waals surface area contributed by atoms with Gasteiger partial charge >= 0.3 is 0 Å². The second kappa shape index (κ2) is 7.65. The molecule has 1 aliphatic rings. The summed E-state index contributed by atoms with van der Waals surface area (Å²) in [6.07, 6.45) is 5.46. The molecule has 0 aliphatic carbocycles. The van der Waals surface area contributed by atoms with E-state index in [1.54, 1.807) is 0 Å². The Balaban J connectivity index is 1.93. The standard InChI is InChI=1S/C11H21NO3/c13-7-3-1-2-6-12-11(14)9-10-5-4-8-15-10/h10,13H,1-9H2,(H,12,14). The predicted molar refractivity (Wildman–Crippen MR) is 57.5 cm³/mol. The summed E-state index contributed by atoms with van der Waals surface area (Å²) < 4.78 is 5.37. The van der Waals surface area contributed by atoms with Crippen LogP contribution in [0.25, 0.3) is 0 Å². The fourth-order valence-corrected chi connectivity index (χ4v) is 1.73. The molecule has 2 N–H and O–H groups in total. The molecule has 15 heavy (non-hydrogen) atoms. The molecule has 1 unspecified atom stereocenters. The molecule has 0 bridgehead atoms. The summed E-state index contributed by atoms with van der Waals surface area (Å²) in [4.78, 5) is 11.4. The Kier molecular flexibility index (Phi) is 6.36. The number of hydrogen-bond acceptors (Lipinski definition) is 3. The smallest absolute Gasteiger partial charge is 0.222 e. The maximum Gasteiger partial charge on any atom is 0.222 e. The van der Waals surface area contributed by atoms with Crippen LogP contribution in [0.1, 0.15) is 38.5 Å². The van der Waals surface area contributed by atoms with Crippen LogP contribution < -0.4 is 5.32 Å². The summed E-state index contributed by atoms with van der Waals surface area (Å²) in [5.74, 6) is 0.0888. The molecule has 1 fully saturated rings. The van der Waals surface area contributed by atoms with Crippen molar-refractivity contribution in [1.29, 1.82) is 0 Å². The zero-order valence-corrected chi connectivity index (χ0v) is 9.21. The Hall–Kier alpha value is -0.610. The Morgan fingerprint density at radius 3 is 2.93 bits per heavy atom. The zero-order chi connectivity index (χ0) is 10.9. The van der Waals surface area contributed by atoms with E-state index >= 15 is 0 Å². The molecule has 1 rings (SSSR count). The van der Waals surface area contributed by atoms with Crippen LogP contribution in [0.2, 0.25) is 0 Å². The molecular weight excluding hydrogens is 194 g/mol. The van der Waals surface area contributed by atoms with E-state index in [-0.39, 0.29) is 18.6 Å². The number of aliphatic hydroxyl groups is 1. The van der Waals surface area contributed by atoms with Crippen molar-refractivity contribution in [3.8, 4) is 0 Å². The van der Waals surface area contributed by atoms with Gasteiger partial charge in [0.25, 0.3) is 0 Å². The third-order valence-electron chi connectivity index (χ3n) is 2.59. The molecule has 88 valence electrons. The van der Waals surface area contributed by atoms with Crippen LogP contribution in [0, 0.1) is 0 Å². The molecule has 1 atom stereocenters. The fourth-order valence-electron chi connectivity index (χ4n) is 1.73. The monoisotopic (exact) mass is 215 g/mol. The van der Waals surface area contributed by atoms with Crippen LogP contribution in [0.15, 0.2) is 0 Å². The van der Waals surface area contributed by atoms with Crippen molar-refractivity contribution in [2.75, 3.05) is 19.8 Å². The minimum atomic E-state index is 0.0888. The van der Waals surface area contributed by atoms with Gasteiger partial charge in [-0.3, -0.25) is 4.79 Å². The van der Waals surface area contributed by atoms with Crippen LogP contribution in [0.3, 0.4) is 0 Å². The van der Waals surface area contributed by atoms with Gasteiger partial charge in [-0.05, 0) is 32.1 Å². The lowest BCUT2D eigenvalue weighted by Gasteiger charge is -2.09. The minimum Gasteiger partial charge on any atom is -0.396 e. The van der Waals surface area contributed by atoms with Crippen molar-refractivity contribution in [3.63, 3.8) is 0 Å². The van der Waals surface area contributed by atoms with E-state index in [1.807, 2.05) is 0 Å². The van der Waals surface area contributed by atoms with Gasteiger partial charge in [0, 0.05) is 19.8 Å². The van der Waals surface area contributed by atoms with E-state index in [2.05, 4.69) is 5.32 Å². The first-order chi connectivity index (χ1) is 7.33. The van der Waals surface area contributed by atoms with E-state index in [9.17, 15) is 4.79 Å². The number of unbranched alkanes of at least 4 members (excludes halogenated alkanes) is 2. The predicted octanol–water partition coefficient (Wildman–Crippen LogP) is 0.834. The number of amides is 1. The van der Waals surface area contributed by atoms with E-state index < -0.39 is 0 Å². The average Bonchev–Trinajstić information content (AvgIpc) is 2.70. The Morgan fingerprint density at radius 2 is 2.27 bits per heavy atom. The molecule has 1 aliphatic heterocycles. The van der Waals surface area contributed by atoms with E-state index in [1.165, 1.54) is 0 Å². The highest BCUT2D eigenvalue weighted by atomic mass is 16.5. The van der Waals surface area contributed by atoms with Crippen molar-refractivity contribution < 1.29 is 14.6 Å². The third kappa shape index (κ3) is 5.74. The van der Waals surface area contributed by atoms with Crippen molar-refractivity contribution >= 4 is 5.91 Å². The van der Waals surface area contributed by atoms with E-state index in [0.29, 0.717) is 13.0 Å². The first-order valence-electron chi connectivity index (χ1n) is 5.82. The molecule has 0 spiro atoms. The Bertz CT molecular complexity index is 179. The van der Waals surface area contributed by atoms with Gasteiger partial charge in [-0.25, -0.2) is 0 Å². The SMILES string of the molecule is O=C(CC1CCCO1)NCCCCCO. The van der Waals surface area contributed by atoms with Crippen LogP contribution in [-0.4, -0.2) is 36.9 Å². The molecule has 4 nitrogen and oxygen atoms in total. The molecule has 0 radical (unpaired) electrons. The second-order valence-electron chi connectivity index (χ2n) is 3.97. The highest BCUT2D eigenvalue weighted by Gasteiger charge is 2.18. The van der Waals surface area contributed by atoms with Gasteiger partial charge in [-0.2, -0.15) is 0 Å². The molecule has 0 aromatic rings. The lowest BCUT2D eigenvalue weighted by molar-refractivity contribution is -0.123.